The smallest absolute Gasteiger partial charge is 0.232 e. The Morgan fingerprint density at radius 1 is 1.12 bits per heavy atom. The van der Waals surface area contributed by atoms with Crippen molar-refractivity contribution >= 4 is 11.9 Å². The van der Waals surface area contributed by atoms with E-state index in [-0.39, 0.29) is 18.2 Å². The Morgan fingerprint density at radius 2 is 1.88 bits per heavy atom. The number of anilines is 1. The lowest BCUT2D eigenvalue weighted by Crippen LogP contribution is -2.18. The third-order valence-corrected chi connectivity index (χ3v) is 3.77. The van der Waals surface area contributed by atoms with Crippen LogP contribution < -0.4 is 5.32 Å². The van der Waals surface area contributed by atoms with Crippen LogP contribution in [0, 0.1) is 6.92 Å². The second kappa shape index (κ2) is 7.86. The number of benzene rings is 1. The van der Waals surface area contributed by atoms with Gasteiger partial charge in [-0.2, -0.15) is 15.1 Å². The molecule has 2 heterocycles. The normalized spacial score (nSPS) is 10.9. The average Bonchev–Trinajstić information content (AvgIpc) is 3.01. The van der Waals surface area contributed by atoms with Crippen LogP contribution in [0.15, 0.2) is 42.7 Å². The van der Waals surface area contributed by atoms with E-state index in [0.717, 1.165) is 11.1 Å². The summed E-state index contributed by atoms with van der Waals surface area (Å²) in [6, 6.07) is 10.1. The molecule has 0 spiro atoms. The molecule has 0 aliphatic heterocycles. The maximum Gasteiger partial charge on any atom is 0.232 e. The lowest BCUT2D eigenvalue weighted by molar-refractivity contribution is -0.115. The van der Waals surface area contributed by atoms with Gasteiger partial charge >= 0.3 is 0 Å². The van der Waals surface area contributed by atoms with Gasteiger partial charge in [-0.25, -0.2) is 4.98 Å². The maximum atomic E-state index is 12.3. The SMILES string of the molecule is Cc1nc(NC(=O)Cc2cnn(Cc3ccccc3)c2)nc(C(C)C)n1. The number of aryl methyl sites for hydroxylation is 1. The van der Waals surface area contributed by atoms with Crippen molar-refractivity contribution in [1.29, 1.82) is 0 Å². The molecule has 1 aromatic carbocycles. The first-order valence-corrected chi connectivity index (χ1v) is 8.57. The molecule has 134 valence electrons. The molecule has 0 aliphatic carbocycles. The zero-order chi connectivity index (χ0) is 18.5. The van der Waals surface area contributed by atoms with Crippen molar-refractivity contribution in [3.05, 3.63) is 65.5 Å². The predicted octanol–water partition coefficient (Wildman–Crippen LogP) is 2.73. The minimum Gasteiger partial charge on any atom is -0.294 e. The zero-order valence-electron chi connectivity index (χ0n) is 15.2. The van der Waals surface area contributed by atoms with Crippen LogP contribution in [0.5, 0.6) is 0 Å². The Morgan fingerprint density at radius 3 is 2.62 bits per heavy atom. The van der Waals surface area contributed by atoms with Gasteiger partial charge in [0.15, 0.2) is 0 Å². The molecule has 1 amide bonds. The number of amides is 1. The van der Waals surface area contributed by atoms with Crippen LogP contribution in [-0.2, 0) is 17.8 Å². The summed E-state index contributed by atoms with van der Waals surface area (Å²) < 4.78 is 1.82. The van der Waals surface area contributed by atoms with E-state index in [1.165, 1.54) is 0 Å². The van der Waals surface area contributed by atoms with Crippen LogP contribution >= 0.6 is 0 Å². The summed E-state index contributed by atoms with van der Waals surface area (Å²) in [4.78, 5) is 25.1. The second-order valence-electron chi connectivity index (χ2n) is 6.48. The molecule has 0 saturated carbocycles. The number of carbonyl (C=O) groups excluding carboxylic acids is 1. The number of aromatic nitrogens is 5. The number of rotatable bonds is 6. The lowest BCUT2D eigenvalue weighted by atomic mass is 10.2. The first-order valence-electron chi connectivity index (χ1n) is 8.57. The number of hydrogen-bond acceptors (Lipinski definition) is 5. The molecule has 1 N–H and O–H groups in total. The highest BCUT2D eigenvalue weighted by atomic mass is 16.1. The third kappa shape index (κ3) is 4.72. The highest BCUT2D eigenvalue weighted by Crippen LogP contribution is 2.11. The molecule has 26 heavy (non-hydrogen) atoms. The highest BCUT2D eigenvalue weighted by Gasteiger charge is 2.11. The van der Waals surface area contributed by atoms with Gasteiger partial charge in [-0.3, -0.25) is 14.8 Å². The molecule has 0 bridgehead atoms. The fraction of sp³-hybridized carbons (Fsp3) is 0.316. The largest absolute Gasteiger partial charge is 0.294 e. The fourth-order valence-corrected chi connectivity index (χ4v) is 2.53. The molecule has 3 aromatic rings. The lowest BCUT2D eigenvalue weighted by Gasteiger charge is -2.08. The van der Waals surface area contributed by atoms with E-state index in [1.54, 1.807) is 13.1 Å². The minimum absolute atomic E-state index is 0.170. The molecule has 0 saturated heterocycles. The summed E-state index contributed by atoms with van der Waals surface area (Å²) >= 11 is 0. The van der Waals surface area contributed by atoms with Crippen LogP contribution in [0.25, 0.3) is 0 Å². The molecular formula is C19H22N6O. The van der Waals surface area contributed by atoms with Crippen LogP contribution in [0.3, 0.4) is 0 Å². The molecule has 0 atom stereocenters. The summed E-state index contributed by atoms with van der Waals surface area (Å²) in [7, 11) is 0. The van der Waals surface area contributed by atoms with Gasteiger partial charge in [-0.05, 0) is 18.1 Å². The zero-order valence-corrected chi connectivity index (χ0v) is 15.2. The van der Waals surface area contributed by atoms with Crippen molar-refractivity contribution in [3.8, 4) is 0 Å². The Kier molecular flexibility index (Phi) is 5.36. The molecule has 0 aliphatic rings. The van der Waals surface area contributed by atoms with Gasteiger partial charge < -0.3 is 0 Å². The first-order chi connectivity index (χ1) is 12.5. The maximum absolute atomic E-state index is 12.3. The number of carbonyl (C=O) groups is 1. The number of nitrogens with one attached hydrogen (secondary N) is 1. The quantitative estimate of drug-likeness (QED) is 0.739. The van der Waals surface area contributed by atoms with Gasteiger partial charge in [-0.15, -0.1) is 0 Å². The topological polar surface area (TPSA) is 85.6 Å². The molecular weight excluding hydrogens is 328 g/mol. The van der Waals surface area contributed by atoms with Gasteiger partial charge in [0.05, 0.1) is 19.2 Å². The molecule has 0 fully saturated rings. The minimum atomic E-state index is -0.176. The van der Waals surface area contributed by atoms with Gasteiger partial charge in [0.1, 0.15) is 11.6 Å². The Bertz CT molecular complexity index is 888. The monoisotopic (exact) mass is 350 g/mol. The van der Waals surface area contributed by atoms with Crippen molar-refractivity contribution in [2.75, 3.05) is 5.32 Å². The van der Waals surface area contributed by atoms with Crippen LogP contribution in [0.1, 0.15) is 42.5 Å². The molecule has 0 unspecified atom stereocenters. The summed E-state index contributed by atoms with van der Waals surface area (Å²) in [5, 5.41) is 7.07. The van der Waals surface area contributed by atoms with Crippen LogP contribution in [0.4, 0.5) is 5.95 Å². The van der Waals surface area contributed by atoms with Crippen molar-refractivity contribution in [3.63, 3.8) is 0 Å². The van der Waals surface area contributed by atoms with E-state index in [0.29, 0.717) is 24.1 Å². The predicted molar refractivity (Wildman–Crippen MR) is 98.8 cm³/mol. The van der Waals surface area contributed by atoms with E-state index >= 15 is 0 Å². The summed E-state index contributed by atoms with van der Waals surface area (Å²) in [5.41, 5.74) is 2.00. The second-order valence-corrected chi connectivity index (χ2v) is 6.48. The molecule has 0 radical (unpaired) electrons. The Balaban J connectivity index is 1.62. The molecule has 3 rings (SSSR count). The Labute approximate surface area is 152 Å². The third-order valence-electron chi connectivity index (χ3n) is 3.77. The van der Waals surface area contributed by atoms with E-state index in [4.69, 9.17) is 0 Å². The average molecular weight is 350 g/mol. The standard InChI is InChI=1S/C19H22N6O/c1-13(2)18-21-14(3)22-19(24-18)23-17(26)9-16-10-20-25(12-16)11-15-7-5-4-6-8-15/h4-8,10,12-13H,9,11H2,1-3H3,(H,21,22,23,24,26). The summed E-state index contributed by atoms with van der Waals surface area (Å²) in [6.45, 7) is 6.46. The van der Waals surface area contributed by atoms with E-state index in [1.807, 2.05) is 55.1 Å². The van der Waals surface area contributed by atoms with E-state index < -0.39 is 0 Å². The van der Waals surface area contributed by atoms with Crippen LogP contribution in [-0.4, -0.2) is 30.6 Å². The van der Waals surface area contributed by atoms with Gasteiger partial charge in [0.2, 0.25) is 11.9 Å². The number of nitrogens with zero attached hydrogens (tertiary/aromatic N) is 5. The molecule has 2 aromatic heterocycles. The van der Waals surface area contributed by atoms with Gasteiger partial charge in [0, 0.05) is 12.1 Å². The summed E-state index contributed by atoms with van der Waals surface area (Å²) in [5.74, 6) is 1.55. The van der Waals surface area contributed by atoms with Gasteiger partial charge in [0.25, 0.3) is 0 Å². The highest BCUT2D eigenvalue weighted by molar-refractivity contribution is 5.90. The number of hydrogen-bond donors (Lipinski definition) is 1. The van der Waals surface area contributed by atoms with Crippen LogP contribution in [0.2, 0.25) is 0 Å². The Hall–Kier alpha value is -3.09. The fourth-order valence-electron chi connectivity index (χ4n) is 2.53. The van der Waals surface area contributed by atoms with Gasteiger partial charge in [-0.1, -0.05) is 44.2 Å². The van der Waals surface area contributed by atoms with E-state index in [2.05, 4.69) is 25.4 Å². The van der Waals surface area contributed by atoms with Crippen molar-refractivity contribution in [2.24, 2.45) is 0 Å². The van der Waals surface area contributed by atoms with Crippen molar-refractivity contribution < 1.29 is 4.79 Å². The van der Waals surface area contributed by atoms with Crippen molar-refractivity contribution in [1.82, 2.24) is 24.7 Å². The van der Waals surface area contributed by atoms with E-state index in [9.17, 15) is 4.79 Å². The molecule has 7 heteroatoms. The van der Waals surface area contributed by atoms with Crippen molar-refractivity contribution in [2.45, 2.75) is 39.7 Å². The molecule has 7 nitrogen and oxygen atoms in total. The first kappa shape index (κ1) is 17.7. The summed E-state index contributed by atoms with van der Waals surface area (Å²) in [6.07, 6.45) is 3.81.